The van der Waals surface area contributed by atoms with E-state index in [-0.39, 0.29) is 0 Å². The van der Waals surface area contributed by atoms with Crippen molar-refractivity contribution >= 4 is 11.7 Å². The summed E-state index contributed by atoms with van der Waals surface area (Å²) in [5.74, 6) is 1.35. The van der Waals surface area contributed by atoms with Crippen LogP contribution in [0.1, 0.15) is 32.3 Å². The molecule has 2 saturated heterocycles. The average Bonchev–Trinajstić information content (AvgIpc) is 2.86. The molecule has 0 aromatic carbocycles. The Kier molecular flexibility index (Phi) is 4.10. The van der Waals surface area contributed by atoms with Gasteiger partial charge in [-0.3, -0.25) is 4.79 Å². The first-order valence-corrected chi connectivity index (χ1v) is 7.86. The summed E-state index contributed by atoms with van der Waals surface area (Å²) >= 11 is 0. The number of aromatic nitrogens is 1. The summed E-state index contributed by atoms with van der Waals surface area (Å²) in [7, 11) is 0. The quantitative estimate of drug-likeness (QED) is 0.909. The van der Waals surface area contributed by atoms with Crippen LogP contribution >= 0.6 is 0 Å². The number of anilines is 1. The molecule has 0 bridgehead atoms. The van der Waals surface area contributed by atoms with Gasteiger partial charge in [-0.05, 0) is 18.1 Å². The molecule has 1 unspecified atom stereocenters. The van der Waals surface area contributed by atoms with Gasteiger partial charge < -0.3 is 15.1 Å². The predicted molar refractivity (Wildman–Crippen MR) is 83.2 cm³/mol. The second kappa shape index (κ2) is 6.02. The Hall–Kier alpha value is -1.62. The highest BCUT2D eigenvalue weighted by atomic mass is 16.2. The minimum Gasteiger partial charge on any atom is -0.353 e. The molecule has 5 heteroatoms. The molecule has 2 fully saturated rings. The Morgan fingerprint density at radius 3 is 2.95 bits per heavy atom. The third-order valence-electron chi connectivity index (χ3n) is 4.34. The monoisotopic (exact) mass is 288 g/mol. The molecule has 1 aromatic rings. The summed E-state index contributed by atoms with van der Waals surface area (Å²) in [5.41, 5.74) is 1.21. The van der Waals surface area contributed by atoms with Gasteiger partial charge in [-0.25, -0.2) is 4.98 Å². The molecule has 5 nitrogen and oxygen atoms in total. The summed E-state index contributed by atoms with van der Waals surface area (Å²) in [5, 5.41) is 3.40. The third kappa shape index (κ3) is 3.18. The Morgan fingerprint density at radius 2 is 2.24 bits per heavy atom. The number of amides is 1. The van der Waals surface area contributed by atoms with Gasteiger partial charge in [0.2, 0.25) is 5.91 Å². The van der Waals surface area contributed by atoms with E-state index in [1.807, 2.05) is 11.1 Å². The highest BCUT2D eigenvalue weighted by molar-refractivity contribution is 5.79. The molecule has 2 aliphatic heterocycles. The van der Waals surface area contributed by atoms with Gasteiger partial charge in [-0.2, -0.15) is 0 Å². The van der Waals surface area contributed by atoms with Gasteiger partial charge in [0, 0.05) is 50.9 Å². The van der Waals surface area contributed by atoms with Crippen LogP contribution in [0.5, 0.6) is 0 Å². The standard InChI is InChI=1S/C16H24N4O/c1-12(2)17-9-13-3-5-15(18-10-13)19-7-8-20-14(11-19)4-6-16(20)21/h3,5,10,12,14,17H,4,6-9,11H2,1-2H3. The van der Waals surface area contributed by atoms with Crippen molar-refractivity contribution in [3.63, 3.8) is 0 Å². The third-order valence-corrected chi connectivity index (χ3v) is 4.34. The van der Waals surface area contributed by atoms with Crippen molar-refractivity contribution in [2.45, 2.75) is 45.3 Å². The lowest BCUT2D eigenvalue weighted by atomic mass is 10.1. The van der Waals surface area contributed by atoms with Gasteiger partial charge in [-0.1, -0.05) is 19.9 Å². The summed E-state index contributed by atoms with van der Waals surface area (Å²) in [6.07, 6.45) is 3.66. The van der Waals surface area contributed by atoms with Crippen molar-refractivity contribution in [3.8, 4) is 0 Å². The van der Waals surface area contributed by atoms with E-state index in [0.29, 0.717) is 24.4 Å². The lowest BCUT2D eigenvalue weighted by molar-refractivity contribution is -0.129. The second-order valence-corrected chi connectivity index (χ2v) is 6.29. The fraction of sp³-hybridized carbons (Fsp3) is 0.625. The van der Waals surface area contributed by atoms with E-state index in [9.17, 15) is 4.79 Å². The molecule has 0 saturated carbocycles. The number of hydrogen-bond donors (Lipinski definition) is 1. The number of carbonyl (C=O) groups is 1. The van der Waals surface area contributed by atoms with Crippen LogP contribution in [0.25, 0.3) is 0 Å². The van der Waals surface area contributed by atoms with Gasteiger partial charge in [0.15, 0.2) is 0 Å². The van der Waals surface area contributed by atoms with Crippen LogP contribution in [-0.2, 0) is 11.3 Å². The maximum atomic E-state index is 11.7. The number of fused-ring (bicyclic) bond motifs is 1. The minimum absolute atomic E-state index is 0.322. The average molecular weight is 288 g/mol. The molecule has 21 heavy (non-hydrogen) atoms. The van der Waals surface area contributed by atoms with E-state index in [0.717, 1.165) is 38.4 Å². The number of carbonyl (C=O) groups excluding carboxylic acids is 1. The lowest BCUT2D eigenvalue weighted by Gasteiger charge is -2.38. The molecule has 2 aliphatic rings. The topological polar surface area (TPSA) is 48.5 Å². The first-order chi connectivity index (χ1) is 10.1. The van der Waals surface area contributed by atoms with Gasteiger partial charge >= 0.3 is 0 Å². The highest BCUT2D eigenvalue weighted by Gasteiger charge is 2.35. The van der Waals surface area contributed by atoms with Crippen LogP contribution in [0.3, 0.4) is 0 Å². The SMILES string of the molecule is CC(C)NCc1ccc(N2CCN3C(=O)CCC3C2)nc1. The maximum absolute atomic E-state index is 11.7. The first kappa shape index (κ1) is 14.3. The highest BCUT2D eigenvalue weighted by Crippen LogP contribution is 2.25. The summed E-state index contributed by atoms with van der Waals surface area (Å²) in [4.78, 5) is 20.6. The molecule has 0 aliphatic carbocycles. The van der Waals surface area contributed by atoms with Crippen LogP contribution in [0.2, 0.25) is 0 Å². The Labute approximate surface area is 126 Å². The van der Waals surface area contributed by atoms with Crippen LogP contribution in [0.4, 0.5) is 5.82 Å². The van der Waals surface area contributed by atoms with Gasteiger partial charge in [-0.15, -0.1) is 0 Å². The summed E-state index contributed by atoms with van der Waals surface area (Å²) in [6, 6.07) is 5.11. The van der Waals surface area contributed by atoms with Crippen molar-refractivity contribution in [3.05, 3.63) is 23.9 Å². The predicted octanol–water partition coefficient (Wildman–Crippen LogP) is 1.39. The van der Waals surface area contributed by atoms with E-state index in [1.54, 1.807) is 0 Å². The second-order valence-electron chi connectivity index (χ2n) is 6.29. The smallest absolute Gasteiger partial charge is 0.223 e. The van der Waals surface area contributed by atoms with Crippen molar-refractivity contribution in [1.82, 2.24) is 15.2 Å². The van der Waals surface area contributed by atoms with Crippen molar-refractivity contribution < 1.29 is 4.79 Å². The van der Waals surface area contributed by atoms with Crippen molar-refractivity contribution in [1.29, 1.82) is 0 Å². The number of nitrogens with one attached hydrogen (secondary N) is 1. The first-order valence-electron chi connectivity index (χ1n) is 7.86. The van der Waals surface area contributed by atoms with E-state index < -0.39 is 0 Å². The fourth-order valence-corrected chi connectivity index (χ4v) is 3.10. The van der Waals surface area contributed by atoms with Gasteiger partial charge in [0.1, 0.15) is 5.82 Å². The molecule has 1 aromatic heterocycles. The minimum atomic E-state index is 0.322. The molecular weight excluding hydrogens is 264 g/mol. The zero-order valence-corrected chi connectivity index (χ0v) is 12.9. The molecule has 0 radical (unpaired) electrons. The maximum Gasteiger partial charge on any atom is 0.223 e. The molecule has 1 atom stereocenters. The number of nitrogens with zero attached hydrogens (tertiary/aromatic N) is 3. The Balaban J connectivity index is 1.61. The van der Waals surface area contributed by atoms with E-state index in [2.05, 4.69) is 41.2 Å². The summed E-state index contributed by atoms with van der Waals surface area (Å²) < 4.78 is 0. The molecule has 3 heterocycles. The van der Waals surface area contributed by atoms with Gasteiger partial charge in [0.05, 0.1) is 0 Å². The normalized spacial score (nSPS) is 22.0. The summed E-state index contributed by atoms with van der Waals surface area (Å²) in [6.45, 7) is 7.78. The molecule has 3 rings (SSSR count). The molecule has 1 N–H and O–H groups in total. The zero-order chi connectivity index (χ0) is 14.8. The van der Waals surface area contributed by atoms with E-state index in [4.69, 9.17) is 0 Å². The Morgan fingerprint density at radius 1 is 1.38 bits per heavy atom. The van der Waals surface area contributed by atoms with Crippen LogP contribution in [-0.4, -0.2) is 47.5 Å². The van der Waals surface area contributed by atoms with E-state index in [1.165, 1.54) is 5.56 Å². The number of pyridine rings is 1. The number of rotatable bonds is 4. The van der Waals surface area contributed by atoms with E-state index >= 15 is 0 Å². The van der Waals surface area contributed by atoms with Crippen LogP contribution in [0, 0.1) is 0 Å². The lowest BCUT2D eigenvalue weighted by Crippen LogP contribution is -2.51. The molecule has 0 spiro atoms. The van der Waals surface area contributed by atoms with Crippen molar-refractivity contribution in [2.75, 3.05) is 24.5 Å². The van der Waals surface area contributed by atoms with Crippen LogP contribution < -0.4 is 10.2 Å². The Bertz CT molecular complexity index is 500. The largest absolute Gasteiger partial charge is 0.353 e. The van der Waals surface area contributed by atoms with Crippen LogP contribution in [0.15, 0.2) is 18.3 Å². The zero-order valence-electron chi connectivity index (χ0n) is 12.9. The fourth-order valence-electron chi connectivity index (χ4n) is 3.10. The van der Waals surface area contributed by atoms with Crippen molar-refractivity contribution in [2.24, 2.45) is 0 Å². The molecule has 1 amide bonds. The molecule has 114 valence electrons. The number of piperazine rings is 1. The molecular formula is C16H24N4O. The van der Waals surface area contributed by atoms with Gasteiger partial charge in [0.25, 0.3) is 0 Å². The number of hydrogen-bond acceptors (Lipinski definition) is 4.